The molecule has 3 aromatic rings. The van der Waals surface area contributed by atoms with Crippen LogP contribution in [0.4, 0.5) is 17.2 Å². The number of hydrogen-bond acceptors (Lipinski definition) is 6. The number of aromatic nitrogens is 3. The first-order valence-corrected chi connectivity index (χ1v) is 11.2. The molecule has 4 rings (SSSR count). The fraction of sp³-hybridized carbons (Fsp3) is 0.400. The molecular formula is C20H26N6O2S. The Morgan fingerprint density at radius 2 is 1.90 bits per heavy atom. The van der Waals surface area contributed by atoms with Gasteiger partial charge in [-0.15, -0.1) is 0 Å². The number of nitrogens with zero attached hydrogens (tertiary/aromatic N) is 3. The Kier molecular flexibility index (Phi) is 4.95. The van der Waals surface area contributed by atoms with E-state index in [4.69, 9.17) is 0 Å². The summed E-state index contributed by atoms with van der Waals surface area (Å²) in [5, 5.41) is 4.20. The first-order valence-electron chi connectivity index (χ1n) is 9.67. The van der Waals surface area contributed by atoms with Crippen LogP contribution in [0, 0.1) is 5.41 Å². The van der Waals surface area contributed by atoms with Crippen LogP contribution >= 0.6 is 0 Å². The van der Waals surface area contributed by atoms with Crippen molar-refractivity contribution in [1.29, 1.82) is 0 Å². The molecule has 1 aromatic carbocycles. The van der Waals surface area contributed by atoms with Crippen molar-refractivity contribution in [3.63, 3.8) is 0 Å². The highest BCUT2D eigenvalue weighted by atomic mass is 32.2. The van der Waals surface area contributed by atoms with Crippen LogP contribution in [0.1, 0.15) is 26.7 Å². The summed E-state index contributed by atoms with van der Waals surface area (Å²) in [6.07, 6.45) is 5.45. The Morgan fingerprint density at radius 1 is 1.14 bits per heavy atom. The van der Waals surface area contributed by atoms with E-state index in [9.17, 15) is 8.42 Å². The highest BCUT2D eigenvalue weighted by molar-refractivity contribution is 7.89. The molecule has 3 heterocycles. The van der Waals surface area contributed by atoms with Crippen LogP contribution in [0.3, 0.4) is 0 Å². The van der Waals surface area contributed by atoms with Gasteiger partial charge in [-0.1, -0.05) is 13.8 Å². The van der Waals surface area contributed by atoms with Gasteiger partial charge in [-0.25, -0.2) is 23.1 Å². The summed E-state index contributed by atoms with van der Waals surface area (Å²) >= 11 is 0. The van der Waals surface area contributed by atoms with E-state index in [1.54, 1.807) is 18.3 Å². The summed E-state index contributed by atoms with van der Waals surface area (Å²) in [6, 6.07) is 7.09. The topological polar surface area (TPSA) is 103 Å². The summed E-state index contributed by atoms with van der Waals surface area (Å²) in [6.45, 7) is 6.41. The molecule has 1 aliphatic rings. The summed E-state index contributed by atoms with van der Waals surface area (Å²) < 4.78 is 27.1. The van der Waals surface area contributed by atoms with Gasteiger partial charge >= 0.3 is 0 Å². The van der Waals surface area contributed by atoms with E-state index in [0.717, 1.165) is 42.7 Å². The first-order chi connectivity index (χ1) is 13.8. The number of aromatic amines is 1. The molecule has 1 aliphatic heterocycles. The van der Waals surface area contributed by atoms with Gasteiger partial charge in [0.1, 0.15) is 17.8 Å². The van der Waals surface area contributed by atoms with Gasteiger partial charge < -0.3 is 15.2 Å². The van der Waals surface area contributed by atoms with E-state index in [0.29, 0.717) is 16.9 Å². The van der Waals surface area contributed by atoms with Crippen molar-refractivity contribution >= 4 is 38.2 Å². The second-order valence-corrected chi connectivity index (χ2v) is 10.0. The molecule has 0 saturated carbocycles. The van der Waals surface area contributed by atoms with Gasteiger partial charge in [-0.2, -0.15) is 0 Å². The molecular weight excluding hydrogens is 388 g/mol. The quantitative estimate of drug-likeness (QED) is 0.592. The lowest BCUT2D eigenvalue weighted by molar-refractivity contribution is 0.280. The molecule has 154 valence electrons. The van der Waals surface area contributed by atoms with Crippen molar-refractivity contribution in [2.75, 3.05) is 30.4 Å². The number of nitrogens with one attached hydrogen (secondary N) is 3. The summed E-state index contributed by atoms with van der Waals surface area (Å²) in [5.74, 6) is 0.633. The molecule has 0 aliphatic carbocycles. The minimum atomic E-state index is -3.56. The molecule has 29 heavy (non-hydrogen) atoms. The Balaban J connectivity index is 1.76. The average Bonchev–Trinajstić information content (AvgIpc) is 3.18. The number of benzene rings is 1. The molecule has 1 saturated heterocycles. The van der Waals surface area contributed by atoms with Gasteiger partial charge in [0.05, 0.1) is 21.7 Å². The lowest BCUT2D eigenvalue weighted by Gasteiger charge is -2.39. The van der Waals surface area contributed by atoms with E-state index in [1.807, 2.05) is 12.1 Å². The minimum absolute atomic E-state index is 0.211. The largest absolute Gasteiger partial charge is 0.370 e. The van der Waals surface area contributed by atoms with Crippen molar-refractivity contribution in [3.05, 3.63) is 36.8 Å². The van der Waals surface area contributed by atoms with Gasteiger partial charge in [0, 0.05) is 19.3 Å². The summed E-state index contributed by atoms with van der Waals surface area (Å²) in [7, 11) is -2.14. The molecule has 0 spiro atoms. The van der Waals surface area contributed by atoms with E-state index >= 15 is 0 Å². The molecule has 8 nitrogen and oxygen atoms in total. The predicted octanol–water partition coefficient (Wildman–Crippen LogP) is 3.24. The predicted molar refractivity (Wildman–Crippen MR) is 115 cm³/mol. The number of H-pyrrole nitrogens is 1. The Morgan fingerprint density at radius 3 is 2.62 bits per heavy atom. The van der Waals surface area contributed by atoms with E-state index in [2.05, 4.69) is 43.7 Å². The molecule has 9 heteroatoms. The maximum atomic E-state index is 12.4. The van der Waals surface area contributed by atoms with E-state index in [1.165, 1.54) is 13.4 Å². The number of anilines is 3. The molecule has 0 bridgehead atoms. The van der Waals surface area contributed by atoms with Crippen LogP contribution in [-0.2, 0) is 10.0 Å². The van der Waals surface area contributed by atoms with Crippen molar-refractivity contribution < 1.29 is 8.42 Å². The zero-order chi connectivity index (χ0) is 20.6. The molecule has 2 aromatic heterocycles. The van der Waals surface area contributed by atoms with Crippen LogP contribution in [0.2, 0.25) is 0 Å². The SMILES string of the molecule is CNS(=O)(=O)c1ccc(N2CCC(C)(C)CC2)c(Nc2ncnc3[nH]ccc23)c1. The third kappa shape index (κ3) is 3.92. The lowest BCUT2D eigenvalue weighted by atomic mass is 9.82. The monoisotopic (exact) mass is 414 g/mol. The van der Waals surface area contributed by atoms with Gasteiger partial charge in [0.15, 0.2) is 0 Å². The fourth-order valence-corrected chi connectivity index (χ4v) is 4.38. The summed E-state index contributed by atoms with van der Waals surface area (Å²) in [5.41, 5.74) is 2.73. The van der Waals surface area contributed by atoms with Crippen LogP contribution in [0.25, 0.3) is 11.0 Å². The Labute approximate surface area is 170 Å². The molecule has 0 atom stereocenters. The highest BCUT2D eigenvalue weighted by Gasteiger charge is 2.27. The average molecular weight is 415 g/mol. The van der Waals surface area contributed by atoms with Crippen LogP contribution in [0.15, 0.2) is 41.7 Å². The number of fused-ring (bicyclic) bond motifs is 1. The maximum Gasteiger partial charge on any atom is 0.240 e. The molecule has 0 unspecified atom stereocenters. The van der Waals surface area contributed by atoms with Gasteiger partial charge in [0.2, 0.25) is 10.0 Å². The number of piperidine rings is 1. The molecule has 3 N–H and O–H groups in total. The first kappa shape index (κ1) is 19.7. The number of sulfonamides is 1. The van der Waals surface area contributed by atoms with Crippen molar-refractivity contribution in [2.45, 2.75) is 31.6 Å². The number of rotatable bonds is 5. The third-order valence-electron chi connectivity index (χ3n) is 5.61. The van der Waals surface area contributed by atoms with Gasteiger partial charge in [-0.3, -0.25) is 0 Å². The maximum absolute atomic E-state index is 12.4. The summed E-state index contributed by atoms with van der Waals surface area (Å²) in [4.78, 5) is 14.2. The normalized spacial score (nSPS) is 16.9. The van der Waals surface area contributed by atoms with Gasteiger partial charge in [-0.05, 0) is 49.6 Å². The minimum Gasteiger partial charge on any atom is -0.370 e. The fourth-order valence-electron chi connectivity index (χ4n) is 3.63. The molecule has 0 radical (unpaired) electrons. The molecule has 1 fully saturated rings. The van der Waals surface area contributed by atoms with Gasteiger partial charge in [0.25, 0.3) is 0 Å². The number of hydrogen-bond donors (Lipinski definition) is 3. The van der Waals surface area contributed by atoms with E-state index in [-0.39, 0.29) is 4.90 Å². The molecule has 0 amide bonds. The lowest BCUT2D eigenvalue weighted by Crippen LogP contribution is -2.37. The van der Waals surface area contributed by atoms with Crippen LogP contribution < -0.4 is 14.9 Å². The second kappa shape index (κ2) is 7.31. The van der Waals surface area contributed by atoms with Crippen molar-refractivity contribution in [2.24, 2.45) is 5.41 Å². The zero-order valence-corrected chi connectivity index (χ0v) is 17.7. The zero-order valence-electron chi connectivity index (χ0n) is 16.9. The van der Waals surface area contributed by atoms with Crippen molar-refractivity contribution in [1.82, 2.24) is 19.7 Å². The Hall–Kier alpha value is -2.65. The van der Waals surface area contributed by atoms with Crippen molar-refractivity contribution in [3.8, 4) is 0 Å². The van der Waals surface area contributed by atoms with E-state index < -0.39 is 10.0 Å². The highest BCUT2D eigenvalue weighted by Crippen LogP contribution is 2.37. The second-order valence-electron chi connectivity index (χ2n) is 8.13. The van der Waals surface area contributed by atoms with Crippen LogP contribution in [-0.4, -0.2) is 43.5 Å². The van der Waals surface area contributed by atoms with Crippen LogP contribution in [0.5, 0.6) is 0 Å². The Bertz CT molecular complexity index is 1130. The third-order valence-corrected chi connectivity index (χ3v) is 7.02. The smallest absolute Gasteiger partial charge is 0.240 e. The standard InChI is InChI=1S/C20H26N6O2S/c1-20(2)7-10-26(11-8-20)17-5-4-14(29(27,28)21-3)12-16(17)25-19-15-6-9-22-18(15)23-13-24-19/h4-6,9,12-13,21H,7-8,10-11H2,1-3H3,(H2,22,23,24,25).